The molecule has 4 fully saturated rings. The van der Waals surface area contributed by atoms with Crippen LogP contribution in [0.25, 0.3) is 30.6 Å². The van der Waals surface area contributed by atoms with Crippen LogP contribution in [-0.4, -0.2) is 122 Å². The van der Waals surface area contributed by atoms with Gasteiger partial charge in [0.2, 0.25) is 0 Å². The van der Waals surface area contributed by atoms with Crippen molar-refractivity contribution in [2.24, 2.45) is 0 Å². The average Bonchev–Trinajstić information content (AvgIpc) is 1.73. The standard InChI is InChI=1S/C26H32N4OS.C24H29N3OS.C23H26F2N4O2S/c1-18-6-11-23-19(2)24(32-26(23)28-18)25(31)27-13-12-20-7-9-22(10-8-20)30-16-14-29(15-17-30)21-4-3-5-21;1-16-15-19(8-10-21(16)27-13-5-4-6-14-27)11-12-25-23(28)22-18(3)20-9-7-17(2)26-24(20)29-22;1-14-5-7-16-19(26)20(32-22(16)28-14)21(30)27-10-9-15-6-8-17(18(13-15)31-23(24)25)29-11-3-2-4-12-29/h6-11,21H,3-5,12-17H2,1-2H3,(H,27,31);7-10,15H,4-6,11-14H2,1-3H3,(H,25,28);5-8,13,23H,2-4,9-12,26H2,1H3,(H,27,30). The predicted octanol–water partition coefficient (Wildman–Crippen LogP) is 14.5. The molecule has 6 aromatic heterocycles. The monoisotopic (exact) mass is 1320 g/mol. The Morgan fingerprint density at radius 2 is 0.946 bits per heavy atom. The second-order valence-corrected chi connectivity index (χ2v) is 28.1. The number of nitrogen functional groups attached to an aromatic ring is 1. The van der Waals surface area contributed by atoms with Crippen LogP contribution in [0.5, 0.6) is 5.75 Å². The van der Waals surface area contributed by atoms with E-state index in [0.29, 0.717) is 42.3 Å². The first-order valence-corrected chi connectivity index (χ1v) is 35.5. The normalized spacial score (nSPS) is 15.4. The van der Waals surface area contributed by atoms with Crippen LogP contribution >= 0.6 is 34.0 Å². The topological polar surface area (TPSA) is 174 Å². The summed E-state index contributed by atoms with van der Waals surface area (Å²) < 4.78 is 30.8. The quantitative estimate of drug-likeness (QED) is 0.0641. The van der Waals surface area contributed by atoms with E-state index in [0.717, 1.165) is 139 Å². The number of piperidine rings is 2. The Morgan fingerprint density at radius 3 is 1.44 bits per heavy atom. The highest BCUT2D eigenvalue weighted by Gasteiger charge is 2.28. The summed E-state index contributed by atoms with van der Waals surface area (Å²) >= 11 is 4.23. The molecule has 490 valence electrons. The number of aryl methyl sites for hydroxylation is 6. The summed E-state index contributed by atoms with van der Waals surface area (Å²) in [6.07, 6.45) is 13.5. The fourth-order valence-corrected chi connectivity index (χ4v) is 16.3. The van der Waals surface area contributed by atoms with Crippen LogP contribution in [0.15, 0.2) is 97.1 Å². The van der Waals surface area contributed by atoms with Crippen molar-refractivity contribution in [1.29, 1.82) is 0 Å². The number of hydrogen-bond donors (Lipinski definition) is 4. The number of nitrogens with two attached hydrogens (primary N) is 1. The molecule has 20 heteroatoms. The third-order valence-electron chi connectivity index (χ3n) is 18.4. The second kappa shape index (κ2) is 31.0. The second-order valence-electron chi connectivity index (χ2n) is 25.1. The lowest BCUT2D eigenvalue weighted by molar-refractivity contribution is -0.0495. The molecule has 0 unspecified atom stereocenters. The van der Waals surface area contributed by atoms with Crippen molar-refractivity contribution >= 4 is 105 Å². The Bertz CT molecular complexity index is 4070. The minimum Gasteiger partial charge on any atom is -0.433 e. The fourth-order valence-electron chi connectivity index (χ4n) is 12.9. The maximum Gasteiger partial charge on any atom is 0.387 e. The highest BCUT2D eigenvalue weighted by Crippen LogP contribution is 2.36. The minimum atomic E-state index is -2.89. The number of anilines is 4. The summed E-state index contributed by atoms with van der Waals surface area (Å²) in [5, 5.41) is 12.0. The van der Waals surface area contributed by atoms with E-state index in [2.05, 4.69) is 112 Å². The molecule has 13 rings (SSSR count). The smallest absolute Gasteiger partial charge is 0.387 e. The Labute approximate surface area is 557 Å². The van der Waals surface area contributed by atoms with E-state index in [1.165, 1.54) is 127 Å². The van der Waals surface area contributed by atoms with Gasteiger partial charge < -0.3 is 41.1 Å². The van der Waals surface area contributed by atoms with Crippen molar-refractivity contribution in [1.82, 2.24) is 35.8 Å². The summed E-state index contributed by atoms with van der Waals surface area (Å²) in [7, 11) is 0. The van der Waals surface area contributed by atoms with Gasteiger partial charge in [0, 0.05) is 123 Å². The van der Waals surface area contributed by atoms with E-state index in [1.54, 1.807) is 6.07 Å². The van der Waals surface area contributed by atoms with Crippen molar-refractivity contribution in [2.75, 3.05) is 92.4 Å². The van der Waals surface area contributed by atoms with Crippen molar-refractivity contribution in [2.45, 2.75) is 131 Å². The number of aromatic nitrogens is 3. The van der Waals surface area contributed by atoms with Crippen LogP contribution < -0.4 is 41.1 Å². The summed E-state index contributed by atoms with van der Waals surface area (Å²) in [5.41, 5.74) is 19.5. The third kappa shape index (κ3) is 16.6. The van der Waals surface area contributed by atoms with E-state index >= 15 is 0 Å². The van der Waals surface area contributed by atoms with Gasteiger partial charge in [-0.05, 0) is 212 Å². The highest BCUT2D eigenvalue weighted by molar-refractivity contribution is 7.21. The van der Waals surface area contributed by atoms with Crippen LogP contribution in [0.2, 0.25) is 0 Å². The number of carbonyl (C=O) groups excluding carboxylic acids is 3. The van der Waals surface area contributed by atoms with E-state index in [-0.39, 0.29) is 23.5 Å². The molecule has 3 saturated heterocycles. The molecule has 93 heavy (non-hydrogen) atoms. The maximum absolute atomic E-state index is 13.0. The fraction of sp³-hybridized carbons (Fsp3) is 0.425. The number of thiophene rings is 3. The molecule has 3 aromatic carbocycles. The van der Waals surface area contributed by atoms with Crippen LogP contribution in [-0.2, 0) is 19.3 Å². The third-order valence-corrected chi connectivity index (χ3v) is 22.0. The minimum absolute atomic E-state index is 0.00380. The first-order valence-electron chi connectivity index (χ1n) is 33.0. The Hall–Kier alpha value is -7.78. The Morgan fingerprint density at radius 1 is 0.505 bits per heavy atom. The number of alkyl halides is 2. The van der Waals surface area contributed by atoms with E-state index in [9.17, 15) is 23.2 Å². The molecule has 0 atom stereocenters. The Balaban J connectivity index is 0.000000143. The van der Waals surface area contributed by atoms with Crippen molar-refractivity contribution < 1.29 is 27.9 Å². The van der Waals surface area contributed by atoms with E-state index < -0.39 is 6.61 Å². The van der Waals surface area contributed by atoms with Gasteiger partial charge in [-0.25, -0.2) is 15.0 Å². The van der Waals surface area contributed by atoms with Gasteiger partial charge in [0.15, 0.2) is 0 Å². The van der Waals surface area contributed by atoms with Crippen LogP contribution in [0.3, 0.4) is 0 Å². The number of pyridine rings is 3. The van der Waals surface area contributed by atoms with Gasteiger partial charge in [-0.1, -0.05) is 36.8 Å². The summed E-state index contributed by atoms with van der Waals surface area (Å²) in [4.78, 5) is 66.0. The van der Waals surface area contributed by atoms with Crippen molar-refractivity contribution in [3.63, 3.8) is 0 Å². The number of piperazine rings is 1. The number of nitrogens with zero attached hydrogens (tertiary/aromatic N) is 7. The number of fused-ring (bicyclic) bond motifs is 3. The van der Waals surface area contributed by atoms with Gasteiger partial charge in [-0.2, -0.15) is 8.78 Å². The van der Waals surface area contributed by atoms with Gasteiger partial charge in [-0.3, -0.25) is 19.3 Å². The summed E-state index contributed by atoms with van der Waals surface area (Å²) in [6.45, 7) is 19.4. The molecular formula is C73H87F2N11O4S3. The molecule has 0 radical (unpaired) electrons. The summed E-state index contributed by atoms with van der Waals surface area (Å²) in [5.74, 6) is -0.0769. The van der Waals surface area contributed by atoms with E-state index in [4.69, 9.17) is 10.5 Å². The molecule has 1 aliphatic carbocycles. The lowest BCUT2D eigenvalue weighted by Crippen LogP contribution is -2.52. The van der Waals surface area contributed by atoms with Gasteiger partial charge in [0.25, 0.3) is 17.7 Å². The maximum atomic E-state index is 13.0. The van der Waals surface area contributed by atoms with Gasteiger partial charge in [0.1, 0.15) is 25.1 Å². The molecule has 9 aromatic rings. The molecule has 4 aliphatic rings. The molecule has 3 amide bonds. The number of amides is 3. The number of benzene rings is 3. The number of nitrogens with one attached hydrogen (secondary N) is 3. The van der Waals surface area contributed by atoms with Gasteiger partial charge in [0.05, 0.1) is 21.1 Å². The average molecular weight is 1320 g/mol. The SMILES string of the molecule is Cc1ccc2c(C)c(C(=O)NCCc3ccc(N4CCCCC4)c(C)c3)sc2n1.Cc1ccc2c(C)c(C(=O)NCCc3ccc(N4CCN(C5CCC5)CC4)cc3)sc2n1.Cc1ccc2c(N)c(C(=O)NCCc3ccc(N4CCCCC4)c(OC(F)F)c3)sc2n1. The largest absolute Gasteiger partial charge is 0.433 e. The lowest BCUT2D eigenvalue weighted by Gasteiger charge is -2.43. The van der Waals surface area contributed by atoms with Gasteiger partial charge >= 0.3 is 6.61 Å². The first kappa shape index (κ1) is 66.7. The van der Waals surface area contributed by atoms with Crippen molar-refractivity contribution in [3.8, 4) is 5.75 Å². The molecule has 0 spiro atoms. The molecule has 9 heterocycles. The number of carbonyl (C=O) groups is 3. The molecule has 3 aliphatic heterocycles. The molecule has 15 nitrogen and oxygen atoms in total. The van der Waals surface area contributed by atoms with Crippen LogP contribution in [0.4, 0.5) is 31.5 Å². The summed E-state index contributed by atoms with van der Waals surface area (Å²) in [6, 6.07) is 33.7. The van der Waals surface area contributed by atoms with Crippen molar-refractivity contribution in [3.05, 3.63) is 162 Å². The number of hydrogen-bond acceptors (Lipinski definition) is 15. The van der Waals surface area contributed by atoms with Crippen LogP contribution in [0, 0.1) is 41.5 Å². The molecular weight excluding hydrogens is 1230 g/mol. The molecule has 5 N–H and O–H groups in total. The molecule has 0 bridgehead atoms. The Kier molecular flexibility index (Phi) is 22.2. The number of halogens is 2. The predicted molar refractivity (Wildman–Crippen MR) is 379 cm³/mol. The zero-order chi connectivity index (χ0) is 65.1. The molecule has 1 saturated carbocycles. The number of ether oxygens (including phenoxy) is 1. The zero-order valence-electron chi connectivity index (χ0n) is 54.5. The first-order chi connectivity index (χ1) is 45.0. The van der Waals surface area contributed by atoms with Crippen LogP contribution in [0.1, 0.15) is 137 Å². The lowest BCUT2D eigenvalue weighted by atomic mass is 9.91. The zero-order valence-corrected chi connectivity index (χ0v) is 56.9. The highest BCUT2D eigenvalue weighted by atomic mass is 32.1. The number of rotatable bonds is 18. The van der Waals surface area contributed by atoms with E-state index in [1.807, 2.05) is 71.0 Å². The van der Waals surface area contributed by atoms with Gasteiger partial charge in [-0.15, -0.1) is 34.0 Å².